The molecule has 130 valence electrons. The Morgan fingerprint density at radius 3 is 2.80 bits per heavy atom. The average molecular weight is 374 g/mol. The second-order valence-corrected chi connectivity index (χ2v) is 6.66. The van der Waals surface area contributed by atoms with E-state index >= 15 is 0 Å². The molecule has 0 aliphatic carbocycles. The van der Waals surface area contributed by atoms with Gasteiger partial charge in [0.05, 0.1) is 11.5 Å². The monoisotopic (exact) mass is 374 g/mol. The van der Waals surface area contributed by atoms with Crippen LogP contribution in [-0.4, -0.2) is 27.3 Å². The number of carbonyl (C=O) groups is 1. The predicted octanol–water partition coefficient (Wildman–Crippen LogP) is 4.27. The molecule has 2 N–H and O–H groups in total. The van der Waals surface area contributed by atoms with Crippen molar-refractivity contribution >= 4 is 35.1 Å². The standard InChI is InChI=1S/C17H18N4O2S2/c1-3-23-13-8-6-12(7-9-13)18-16(22)11(2)21-15(19-20-17(21)24)14-5-4-10-25-14/h4-11H,3H2,1-2H3,(H,18,22)(H,20,24)/t11-/m0/s1. The highest BCUT2D eigenvalue weighted by Gasteiger charge is 2.21. The van der Waals surface area contributed by atoms with Crippen LogP contribution in [0.2, 0.25) is 0 Å². The molecule has 3 aromatic rings. The lowest BCUT2D eigenvalue weighted by Crippen LogP contribution is -2.24. The van der Waals surface area contributed by atoms with Crippen LogP contribution in [0.25, 0.3) is 10.7 Å². The largest absolute Gasteiger partial charge is 0.494 e. The number of hydrogen-bond acceptors (Lipinski definition) is 5. The third-order valence-corrected chi connectivity index (χ3v) is 4.80. The molecule has 2 aromatic heterocycles. The van der Waals surface area contributed by atoms with Crippen molar-refractivity contribution in [3.05, 3.63) is 46.5 Å². The molecule has 0 aliphatic heterocycles. The van der Waals surface area contributed by atoms with Crippen molar-refractivity contribution in [2.45, 2.75) is 19.9 Å². The molecule has 0 unspecified atom stereocenters. The molecule has 0 bridgehead atoms. The number of ether oxygens (including phenoxy) is 1. The van der Waals surface area contributed by atoms with Crippen molar-refractivity contribution in [3.63, 3.8) is 0 Å². The summed E-state index contributed by atoms with van der Waals surface area (Å²) in [6, 6.07) is 10.6. The lowest BCUT2D eigenvalue weighted by Gasteiger charge is -2.15. The maximum absolute atomic E-state index is 12.6. The molecule has 0 saturated carbocycles. The van der Waals surface area contributed by atoms with Crippen molar-refractivity contribution in [1.82, 2.24) is 14.8 Å². The van der Waals surface area contributed by atoms with Crippen LogP contribution in [0.15, 0.2) is 41.8 Å². The van der Waals surface area contributed by atoms with Crippen LogP contribution in [0.3, 0.4) is 0 Å². The number of thiophene rings is 1. The van der Waals surface area contributed by atoms with Gasteiger partial charge in [0.1, 0.15) is 11.8 Å². The van der Waals surface area contributed by atoms with E-state index in [0.717, 1.165) is 10.6 Å². The van der Waals surface area contributed by atoms with Crippen molar-refractivity contribution in [2.75, 3.05) is 11.9 Å². The number of nitrogens with zero attached hydrogens (tertiary/aromatic N) is 2. The van der Waals surface area contributed by atoms with E-state index in [2.05, 4.69) is 15.5 Å². The summed E-state index contributed by atoms with van der Waals surface area (Å²) in [6.07, 6.45) is 0. The van der Waals surface area contributed by atoms with Gasteiger partial charge in [0.15, 0.2) is 10.6 Å². The highest BCUT2D eigenvalue weighted by atomic mass is 32.1. The van der Waals surface area contributed by atoms with Crippen LogP contribution in [0, 0.1) is 4.77 Å². The molecular weight excluding hydrogens is 356 g/mol. The summed E-state index contributed by atoms with van der Waals surface area (Å²) in [5, 5.41) is 11.9. The number of rotatable bonds is 6. The van der Waals surface area contributed by atoms with Gasteiger partial charge in [-0.25, -0.2) is 0 Å². The summed E-state index contributed by atoms with van der Waals surface area (Å²) in [5.41, 5.74) is 0.702. The molecule has 1 aromatic carbocycles. The Morgan fingerprint density at radius 1 is 1.40 bits per heavy atom. The first kappa shape index (κ1) is 17.4. The van der Waals surface area contributed by atoms with Crippen LogP contribution in [0.4, 0.5) is 5.69 Å². The molecule has 3 rings (SSSR count). The second kappa shape index (κ2) is 7.62. The van der Waals surface area contributed by atoms with E-state index in [4.69, 9.17) is 17.0 Å². The maximum atomic E-state index is 12.6. The SMILES string of the molecule is CCOc1ccc(NC(=O)[C@H](C)n2c(-c3cccs3)n[nH]c2=S)cc1. The number of carbonyl (C=O) groups excluding carboxylic acids is 1. The smallest absolute Gasteiger partial charge is 0.247 e. The van der Waals surface area contributed by atoms with Gasteiger partial charge in [-0.1, -0.05) is 6.07 Å². The molecule has 0 radical (unpaired) electrons. The minimum absolute atomic E-state index is 0.167. The zero-order chi connectivity index (χ0) is 17.8. The fourth-order valence-corrected chi connectivity index (χ4v) is 3.41. The minimum Gasteiger partial charge on any atom is -0.494 e. The highest BCUT2D eigenvalue weighted by Crippen LogP contribution is 2.26. The lowest BCUT2D eigenvalue weighted by atomic mass is 10.2. The van der Waals surface area contributed by atoms with E-state index in [1.165, 1.54) is 0 Å². The zero-order valence-corrected chi connectivity index (χ0v) is 15.5. The summed E-state index contributed by atoms with van der Waals surface area (Å²) >= 11 is 6.85. The molecule has 2 heterocycles. The number of H-pyrrole nitrogens is 1. The van der Waals surface area contributed by atoms with Crippen molar-refractivity contribution < 1.29 is 9.53 Å². The van der Waals surface area contributed by atoms with E-state index in [1.807, 2.05) is 48.7 Å². The third kappa shape index (κ3) is 3.80. The first-order chi connectivity index (χ1) is 12.1. The Hall–Kier alpha value is -2.45. The fraction of sp³-hybridized carbons (Fsp3) is 0.235. The highest BCUT2D eigenvalue weighted by molar-refractivity contribution is 7.71. The van der Waals surface area contributed by atoms with Gasteiger partial charge in [0.2, 0.25) is 5.91 Å². The molecule has 0 aliphatic rings. The number of aromatic amines is 1. The van der Waals surface area contributed by atoms with Gasteiger partial charge in [0, 0.05) is 5.69 Å². The molecule has 0 saturated heterocycles. The Morgan fingerprint density at radius 2 is 2.16 bits per heavy atom. The molecule has 1 amide bonds. The van der Waals surface area contributed by atoms with E-state index < -0.39 is 6.04 Å². The van der Waals surface area contributed by atoms with Crippen molar-refractivity contribution in [3.8, 4) is 16.5 Å². The predicted molar refractivity (Wildman–Crippen MR) is 102 cm³/mol. The first-order valence-corrected chi connectivity index (χ1v) is 9.13. The van der Waals surface area contributed by atoms with Crippen LogP contribution in [0.1, 0.15) is 19.9 Å². The van der Waals surface area contributed by atoms with Gasteiger partial charge < -0.3 is 10.1 Å². The van der Waals surface area contributed by atoms with Crippen molar-refractivity contribution in [1.29, 1.82) is 0 Å². The summed E-state index contributed by atoms with van der Waals surface area (Å²) < 4.78 is 7.54. The molecule has 1 atom stereocenters. The van der Waals surface area contributed by atoms with Gasteiger partial charge >= 0.3 is 0 Å². The summed E-state index contributed by atoms with van der Waals surface area (Å²) in [5.74, 6) is 1.26. The number of benzene rings is 1. The van der Waals surface area contributed by atoms with Crippen molar-refractivity contribution in [2.24, 2.45) is 0 Å². The fourth-order valence-electron chi connectivity index (χ4n) is 2.41. The number of amides is 1. The number of hydrogen-bond donors (Lipinski definition) is 2. The summed E-state index contributed by atoms with van der Waals surface area (Å²) in [7, 11) is 0. The maximum Gasteiger partial charge on any atom is 0.247 e. The van der Waals surface area contributed by atoms with Gasteiger partial charge in [-0.05, 0) is 61.8 Å². The Labute approximate surface area is 154 Å². The molecule has 0 fully saturated rings. The number of aromatic nitrogens is 3. The van der Waals surface area contributed by atoms with Gasteiger partial charge in [-0.3, -0.25) is 14.5 Å². The van der Waals surface area contributed by atoms with Gasteiger partial charge in [0.25, 0.3) is 0 Å². The Balaban J connectivity index is 1.79. The van der Waals surface area contributed by atoms with Gasteiger partial charge in [-0.15, -0.1) is 11.3 Å². The molecule has 6 nitrogen and oxygen atoms in total. The van der Waals surface area contributed by atoms with Crippen LogP contribution >= 0.6 is 23.6 Å². The summed E-state index contributed by atoms with van der Waals surface area (Å²) in [4.78, 5) is 13.6. The van der Waals surface area contributed by atoms with E-state index in [0.29, 0.717) is 22.9 Å². The Bertz CT molecular complexity index is 898. The zero-order valence-electron chi connectivity index (χ0n) is 13.9. The minimum atomic E-state index is -0.505. The molecule has 25 heavy (non-hydrogen) atoms. The van der Waals surface area contributed by atoms with E-state index in [1.54, 1.807) is 22.8 Å². The lowest BCUT2D eigenvalue weighted by molar-refractivity contribution is -0.118. The first-order valence-electron chi connectivity index (χ1n) is 7.84. The number of nitrogens with one attached hydrogen (secondary N) is 2. The van der Waals surface area contributed by atoms with E-state index in [-0.39, 0.29) is 5.91 Å². The van der Waals surface area contributed by atoms with E-state index in [9.17, 15) is 4.79 Å². The second-order valence-electron chi connectivity index (χ2n) is 5.32. The third-order valence-electron chi connectivity index (χ3n) is 3.65. The summed E-state index contributed by atoms with van der Waals surface area (Å²) in [6.45, 7) is 4.33. The van der Waals surface area contributed by atoms with Crippen LogP contribution in [0.5, 0.6) is 5.75 Å². The molecule has 8 heteroatoms. The molecular formula is C17H18N4O2S2. The van der Waals surface area contributed by atoms with Crippen LogP contribution < -0.4 is 10.1 Å². The Kier molecular flexibility index (Phi) is 5.30. The van der Waals surface area contributed by atoms with Crippen LogP contribution in [-0.2, 0) is 4.79 Å². The normalized spacial score (nSPS) is 11.9. The molecule has 0 spiro atoms. The van der Waals surface area contributed by atoms with Gasteiger partial charge in [-0.2, -0.15) is 5.10 Å². The number of anilines is 1. The average Bonchev–Trinajstić information content (AvgIpc) is 3.25. The quantitative estimate of drug-likeness (QED) is 0.632. The topological polar surface area (TPSA) is 71.9 Å².